The van der Waals surface area contributed by atoms with Crippen LogP contribution in [-0.4, -0.2) is 16.0 Å². The van der Waals surface area contributed by atoms with E-state index in [0.29, 0.717) is 12.8 Å². The minimum Gasteiger partial charge on any atom is -0.241 e. The van der Waals surface area contributed by atoms with Crippen LogP contribution in [0.3, 0.4) is 0 Å². The molecule has 112 valence electrons. The third-order valence-electron chi connectivity index (χ3n) is 4.32. The Labute approximate surface area is 121 Å². The lowest BCUT2D eigenvalue weighted by atomic mass is 9.78. The first-order valence-electron chi connectivity index (χ1n) is 7.21. The molecule has 0 aliphatic heterocycles. The molecule has 0 unspecified atom stereocenters. The van der Waals surface area contributed by atoms with Gasteiger partial charge in [-0.15, -0.1) is 0 Å². The molecule has 0 N–H and O–H groups in total. The molecule has 1 aromatic heterocycles. The number of halogens is 3. The van der Waals surface area contributed by atoms with Gasteiger partial charge < -0.3 is 0 Å². The third kappa shape index (κ3) is 3.12. The van der Waals surface area contributed by atoms with Crippen LogP contribution in [0, 0.1) is 5.92 Å². The van der Waals surface area contributed by atoms with Crippen LogP contribution < -0.4 is 0 Å². The number of nitrogens with zero attached hydrogens (tertiary/aromatic N) is 2. The fraction of sp³-hybridized carbons (Fsp3) is 0.438. The molecular formula is C16H17F3N2. The molecule has 1 fully saturated rings. The van der Waals surface area contributed by atoms with Crippen molar-refractivity contribution in [3.05, 3.63) is 48.3 Å². The average molecular weight is 294 g/mol. The lowest BCUT2D eigenvalue weighted by Crippen LogP contribution is -2.27. The Morgan fingerprint density at radius 3 is 2.19 bits per heavy atom. The number of hydrogen-bond donors (Lipinski definition) is 0. The van der Waals surface area contributed by atoms with E-state index in [9.17, 15) is 13.2 Å². The molecule has 0 spiro atoms. The highest BCUT2D eigenvalue weighted by atomic mass is 19.4. The first kappa shape index (κ1) is 14.2. The van der Waals surface area contributed by atoms with Gasteiger partial charge in [0.2, 0.25) is 0 Å². The Bertz CT molecular complexity index is 565. The standard InChI is InChI=1S/C16H17F3N2/c17-16(18,19)14-6-2-12(3-7-14)13-4-8-15(9-5-13)21-11-1-10-20-21/h1,4-5,8-12,14H,2-3,6-7H2. The molecule has 1 aromatic carbocycles. The molecule has 0 bridgehead atoms. The normalized spacial score (nSPS) is 23.2. The third-order valence-corrected chi connectivity index (χ3v) is 4.32. The number of hydrogen-bond acceptors (Lipinski definition) is 1. The summed E-state index contributed by atoms with van der Waals surface area (Å²) in [6.07, 6.45) is 1.27. The van der Waals surface area contributed by atoms with Crippen molar-refractivity contribution < 1.29 is 13.2 Å². The summed E-state index contributed by atoms with van der Waals surface area (Å²) in [7, 11) is 0. The molecule has 21 heavy (non-hydrogen) atoms. The molecule has 0 radical (unpaired) electrons. The van der Waals surface area contributed by atoms with E-state index in [-0.39, 0.29) is 18.8 Å². The van der Waals surface area contributed by atoms with E-state index < -0.39 is 12.1 Å². The minimum absolute atomic E-state index is 0.245. The van der Waals surface area contributed by atoms with Crippen molar-refractivity contribution in [2.75, 3.05) is 0 Å². The topological polar surface area (TPSA) is 17.8 Å². The van der Waals surface area contributed by atoms with E-state index in [0.717, 1.165) is 11.3 Å². The van der Waals surface area contributed by atoms with Gasteiger partial charge in [0.25, 0.3) is 0 Å². The molecule has 3 rings (SSSR count). The zero-order valence-corrected chi connectivity index (χ0v) is 11.6. The van der Waals surface area contributed by atoms with E-state index in [1.165, 1.54) is 0 Å². The van der Waals surface area contributed by atoms with Crippen molar-refractivity contribution in [3.8, 4) is 5.69 Å². The number of alkyl halides is 3. The van der Waals surface area contributed by atoms with E-state index >= 15 is 0 Å². The molecule has 1 aliphatic carbocycles. The van der Waals surface area contributed by atoms with Gasteiger partial charge in [-0.3, -0.25) is 0 Å². The molecule has 0 atom stereocenters. The second kappa shape index (κ2) is 5.54. The van der Waals surface area contributed by atoms with Gasteiger partial charge in [-0.1, -0.05) is 12.1 Å². The summed E-state index contributed by atoms with van der Waals surface area (Å²) in [5, 5.41) is 4.16. The predicted octanol–water partition coefficient (Wildman–Crippen LogP) is 4.71. The van der Waals surface area contributed by atoms with E-state index in [4.69, 9.17) is 0 Å². The molecular weight excluding hydrogens is 277 g/mol. The van der Waals surface area contributed by atoms with Gasteiger partial charge >= 0.3 is 6.18 Å². The minimum atomic E-state index is -4.03. The van der Waals surface area contributed by atoms with Crippen molar-refractivity contribution in [1.29, 1.82) is 0 Å². The maximum Gasteiger partial charge on any atom is 0.391 e. The van der Waals surface area contributed by atoms with Crippen LogP contribution in [0.15, 0.2) is 42.7 Å². The Morgan fingerprint density at radius 2 is 1.67 bits per heavy atom. The number of benzene rings is 1. The lowest BCUT2D eigenvalue weighted by molar-refractivity contribution is -0.182. The van der Waals surface area contributed by atoms with Crippen molar-refractivity contribution in [1.82, 2.24) is 9.78 Å². The summed E-state index contributed by atoms with van der Waals surface area (Å²) in [5.41, 5.74) is 2.10. The van der Waals surface area contributed by atoms with Gasteiger partial charge in [0.15, 0.2) is 0 Å². The maximum atomic E-state index is 12.7. The van der Waals surface area contributed by atoms with E-state index in [1.807, 2.05) is 36.5 Å². The van der Waals surface area contributed by atoms with Gasteiger partial charge in [0.05, 0.1) is 11.6 Å². The Morgan fingerprint density at radius 1 is 1.00 bits per heavy atom. The molecule has 0 amide bonds. The first-order valence-corrected chi connectivity index (χ1v) is 7.21. The largest absolute Gasteiger partial charge is 0.391 e. The fourth-order valence-corrected chi connectivity index (χ4v) is 3.07. The zero-order valence-electron chi connectivity index (χ0n) is 11.6. The quantitative estimate of drug-likeness (QED) is 0.784. The summed E-state index contributed by atoms with van der Waals surface area (Å²) in [6.45, 7) is 0. The summed E-state index contributed by atoms with van der Waals surface area (Å²) < 4.78 is 39.8. The van der Waals surface area contributed by atoms with E-state index in [2.05, 4.69) is 5.10 Å². The Kier molecular flexibility index (Phi) is 3.74. The fourth-order valence-electron chi connectivity index (χ4n) is 3.07. The lowest BCUT2D eigenvalue weighted by Gasteiger charge is -2.30. The molecule has 2 nitrogen and oxygen atoms in total. The van der Waals surface area contributed by atoms with Gasteiger partial charge in [0.1, 0.15) is 0 Å². The van der Waals surface area contributed by atoms with Crippen LogP contribution >= 0.6 is 0 Å². The number of rotatable bonds is 2. The van der Waals surface area contributed by atoms with Gasteiger partial charge in [-0.05, 0) is 55.4 Å². The SMILES string of the molecule is FC(F)(F)C1CCC(c2ccc(-n3cccn3)cc2)CC1. The van der Waals surface area contributed by atoms with Crippen LogP contribution in [0.25, 0.3) is 5.69 Å². The van der Waals surface area contributed by atoms with Gasteiger partial charge in [0, 0.05) is 12.4 Å². The molecule has 1 aliphatic rings. The summed E-state index contributed by atoms with van der Waals surface area (Å²) >= 11 is 0. The Balaban J connectivity index is 1.66. The van der Waals surface area contributed by atoms with Crippen molar-refractivity contribution >= 4 is 0 Å². The van der Waals surface area contributed by atoms with Crippen molar-refractivity contribution in [2.24, 2.45) is 5.92 Å². The summed E-state index contributed by atoms with van der Waals surface area (Å²) in [5.74, 6) is -0.868. The Hall–Kier alpha value is -1.78. The molecule has 1 heterocycles. The molecule has 5 heteroatoms. The van der Waals surface area contributed by atoms with Crippen molar-refractivity contribution in [3.63, 3.8) is 0 Å². The highest BCUT2D eigenvalue weighted by Crippen LogP contribution is 2.42. The van der Waals surface area contributed by atoms with Gasteiger partial charge in [-0.25, -0.2) is 4.68 Å². The average Bonchev–Trinajstić information content (AvgIpc) is 3.01. The second-order valence-corrected chi connectivity index (χ2v) is 5.63. The van der Waals surface area contributed by atoms with Crippen LogP contribution in [0.2, 0.25) is 0 Å². The smallest absolute Gasteiger partial charge is 0.241 e. The van der Waals surface area contributed by atoms with Crippen LogP contribution in [0.4, 0.5) is 13.2 Å². The number of aromatic nitrogens is 2. The van der Waals surface area contributed by atoms with Crippen molar-refractivity contribution in [2.45, 2.75) is 37.8 Å². The van der Waals surface area contributed by atoms with Crippen LogP contribution in [0.5, 0.6) is 0 Å². The highest BCUT2D eigenvalue weighted by Gasteiger charge is 2.41. The van der Waals surface area contributed by atoms with E-state index in [1.54, 1.807) is 10.9 Å². The molecule has 1 saturated carbocycles. The highest BCUT2D eigenvalue weighted by molar-refractivity contribution is 5.35. The monoisotopic (exact) mass is 294 g/mol. The summed E-state index contributed by atoms with van der Waals surface area (Å²) in [4.78, 5) is 0. The molecule has 0 saturated heterocycles. The maximum absolute atomic E-state index is 12.7. The van der Waals surface area contributed by atoms with Crippen LogP contribution in [0.1, 0.15) is 37.2 Å². The van der Waals surface area contributed by atoms with Gasteiger partial charge in [-0.2, -0.15) is 18.3 Å². The second-order valence-electron chi connectivity index (χ2n) is 5.63. The first-order chi connectivity index (χ1) is 10.0. The zero-order chi connectivity index (χ0) is 14.9. The summed E-state index contributed by atoms with van der Waals surface area (Å²) in [6, 6.07) is 9.81. The molecule has 2 aromatic rings. The predicted molar refractivity (Wildman–Crippen MR) is 74.3 cm³/mol. The van der Waals surface area contributed by atoms with Crippen LogP contribution in [-0.2, 0) is 0 Å².